The largest absolute Gasteiger partial charge is 0.494 e. The van der Waals surface area contributed by atoms with Gasteiger partial charge >= 0.3 is 0 Å². The number of halogens is 2. The maximum absolute atomic E-state index is 15.2. The predicted octanol–water partition coefficient (Wildman–Crippen LogP) is 8.50. The maximum Gasteiger partial charge on any atom is 0.275 e. The lowest BCUT2D eigenvalue weighted by atomic mass is 9.98. The van der Waals surface area contributed by atoms with Gasteiger partial charge in [-0.05, 0) is 98.8 Å². The van der Waals surface area contributed by atoms with Crippen LogP contribution in [-0.2, 0) is 27.6 Å². The molecular weight excluding hydrogens is 709 g/mol. The molecule has 1 aliphatic rings. The number of anilines is 1. The molecule has 0 N–H and O–H groups in total. The zero-order chi connectivity index (χ0) is 37.5. The molecule has 0 saturated carbocycles. The summed E-state index contributed by atoms with van der Waals surface area (Å²) in [5, 5.41) is 20.3. The Balaban J connectivity index is 1.27. The second-order valence-electron chi connectivity index (χ2n) is 14.2. The molecule has 0 fully saturated rings. The second kappa shape index (κ2) is 13.1. The van der Waals surface area contributed by atoms with Crippen molar-refractivity contribution in [3.63, 3.8) is 0 Å². The van der Waals surface area contributed by atoms with E-state index >= 15 is 4.79 Å². The van der Waals surface area contributed by atoms with Gasteiger partial charge < -0.3 is 18.8 Å². The number of carbonyl (C=O) groups is 1. The Morgan fingerprint density at radius 3 is 2.36 bits per heavy atom. The van der Waals surface area contributed by atoms with E-state index in [1.54, 1.807) is 4.68 Å². The summed E-state index contributed by atoms with van der Waals surface area (Å²) < 4.78 is 14.1. The van der Waals surface area contributed by atoms with Crippen molar-refractivity contribution in [2.24, 2.45) is 21.1 Å². The Bertz CT molecular complexity index is 2590. The van der Waals surface area contributed by atoms with Crippen LogP contribution in [0.5, 0.6) is 5.75 Å². The van der Waals surface area contributed by atoms with Gasteiger partial charge in [0.15, 0.2) is 5.82 Å². The van der Waals surface area contributed by atoms with Crippen LogP contribution in [0.1, 0.15) is 58.0 Å². The number of fused-ring (bicyclic) bond motifs is 4. The van der Waals surface area contributed by atoms with Gasteiger partial charge in [0.2, 0.25) is 0 Å². The number of aromatic nitrogens is 8. The van der Waals surface area contributed by atoms with Crippen LogP contribution in [0.3, 0.4) is 0 Å². The lowest BCUT2D eigenvalue weighted by Crippen LogP contribution is -2.42. The maximum atomic E-state index is 15.2. The summed E-state index contributed by atoms with van der Waals surface area (Å²) in [6.07, 6.45) is 3.36. The first-order valence-electron chi connectivity index (χ1n) is 17.7. The summed E-state index contributed by atoms with van der Waals surface area (Å²) in [7, 11) is 5.77. The number of amides is 1. The van der Waals surface area contributed by atoms with E-state index in [1.807, 2.05) is 88.0 Å². The number of carbonyl (C=O) groups excluding carboxylic acids is 1. The van der Waals surface area contributed by atoms with Crippen molar-refractivity contribution in [3.05, 3.63) is 92.5 Å². The number of hydrogen-bond acceptors (Lipinski definition) is 6. The van der Waals surface area contributed by atoms with E-state index in [0.29, 0.717) is 42.5 Å². The van der Waals surface area contributed by atoms with Crippen molar-refractivity contribution in [2.45, 2.75) is 53.5 Å². The van der Waals surface area contributed by atoms with Gasteiger partial charge in [-0.2, -0.15) is 5.10 Å². The number of aryl methyl sites for hydroxylation is 7. The molecule has 0 spiro atoms. The molecule has 3 aromatic carbocycles. The van der Waals surface area contributed by atoms with Gasteiger partial charge in [-0.25, -0.2) is 4.68 Å². The summed E-state index contributed by atoms with van der Waals surface area (Å²) in [4.78, 5) is 17.1. The molecule has 0 unspecified atom stereocenters. The highest BCUT2D eigenvalue weighted by Crippen LogP contribution is 2.46. The van der Waals surface area contributed by atoms with E-state index in [4.69, 9.17) is 33.0 Å². The van der Waals surface area contributed by atoms with Crippen LogP contribution in [0.15, 0.2) is 48.7 Å². The topological polar surface area (TPSA) is 101 Å². The van der Waals surface area contributed by atoms with Crippen LogP contribution in [-0.4, -0.2) is 58.2 Å². The molecule has 8 rings (SSSR count). The van der Waals surface area contributed by atoms with E-state index in [0.717, 1.165) is 83.0 Å². The first kappa shape index (κ1) is 34.9. The molecule has 5 heterocycles. The van der Waals surface area contributed by atoms with Gasteiger partial charge in [0, 0.05) is 78.1 Å². The molecular formula is C40H41Cl2N9O2. The zero-order valence-electron chi connectivity index (χ0n) is 31.1. The minimum Gasteiger partial charge on any atom is -0.494 e. The third-order valence-corrected chi connectivity index (χ3v) is 11.6. The van der Waals surface area contributed by atoms with Gasteiger partial charge in [0.05, 0.1) is 34.0 Å². The van der Waals surface area contributed by atoms with Gasteiger partial charge in [0.25, 0.3) is 5.91 Å². The number of rotatable bonds is 8. The van der Waals surface area contributed by atoms with Crippen molar-refractivity contribution in [2.75, 3.05) is 18.1 Å². The van der Waals surface area contributed by atoms with Crippen molar-refractivity contribution in [1.29, 1.82) is 0 Å². The normalized spacial score (nSPS) is 14.6. The third-order valence-electron chi connectivity index (χ3n) is 10.7. The van der Waals surface area contributed by atoms with Gasteiger partial charge in [-0.1, -0.05) is 41.4 Å². The first-order chi connectivity index (χ1) is 25.4. The number of hydrogen-bond donors (Lipinski definition) is 0. The van der Waals surface area contributed by atoms with Gasteiger partial charge in [-0.3, -0.25) is 9.48 Å². The Labute approximate surface area is 317 Å². The molecule has 0 bridgehead atoms. The van der Waals surface area contributed by atoms with E-state index in [2.05, 4.69) is 50.6 Å². The number of ether oxygens (including phenoxy) is 1. The first-order valence-corrected chi connectivity index (χ1v) is 18.5. The highest BCUT2D eigenvalue weighted by molar-refractivity contribution is 6.35. The summed E-state index contributed by atoms with van der Waals surface area (Å²) in [6.45, 7) is 11.2. The molecule has 7 aromatic rings. The summed E-state index contributed by atoms with van der Waals surface area (Å²) >= 11 is 13.5. The molecule has 1 atom stereocenters. The van der Waals surface area contributed by atoms with Crippen LogP contribution < -0.4 is 9.64 Å². The molecule has 0 aliphatic carbocycles. The fraction of sp³-hybridized carbons (Fsp3) is 0.325. The SMILES string of the molecule is Cc1cc(OCCCc2c3n(c4c(-c5c(C)nn(C)c5C)c(Cl)ccc24)[C@H](C)CN(c2cn(C)c4c(-c5nnnn5C)cccc24)C3=O)cc(C)c1Cl. The highest BCUT2D eigenvalue weighted by atomic mass is 35.5. The van der Waals surface area contributed by atoms with Crippen LogP contribution in [0.4, 0.5) is 5.69 Å². The summed E-state index contributed by atoms with van der Waals surface area (Å²) in [5.41, 5.74) is 11.1. The van der Waals surface area contributed by atoms with Gasteiger partial charge in [-0.15, -0.1) is 5.10 Å². The third kappa shape index (κ3) is 5.51. The second-order valence-corrected chi connectivity index (χ2v) is 15.0. The fourth-order valence-corrected chi connectivity index (χ4v) is 8.59. The van der Waals surface area contributed by atoms with E-state index in [-0.39, 0.29) is 11.9 Å². The molecule has 1 amide bonds. The molecule has 4 aromatic heterocycles. The number of benzene rings is 3. The van der Waals surface area contributed by atoms with Crippen LogP contribution in [0, 0.1) is 27.7 Å². The van der Waals surface area contributed by atoms with E-state index < -0.39 is 0 Å². The Kier molecular flexibility index (Phi) is 8.61. The van der Waals surface area contributed by atoms with Crippen LogP contribution in [0.2, 0.25) is 10.0 Å². The zero-order valence-corrected chi connectivity index (χ0v) is 32.6. The Morgan fingerprint density at radius 1 is 0.925 bits per heavy atom. The van der Waals surface area contributed by atoms with Gasteiger partial charge in [0.1, 0.15) is 11.4 Å². The molecule has 0 radical (unpaired) electrons. The number of tetrazole rings is 1. The van der Waals surface area contributed by atoms with E-state index in [1.165, 1.54) is 0 Å². The van der Waals surface area contributed by atoms with Crippen molar-refractivity contribution < 1.29 is 9.53 Å². The molecule has 272 valence electrons. The highest BCUT2D eigenvalue weighted by Gasteiger charge is 2.38. The number of nitrogens with zero attached hydrogens (tertiary/aromatic N) is 9. The minimum atomic E-state index is -0.0777. The Hall–Kier alpha value is -5.13. The Morgan fingerprint density at radius 2 is 1.68 bits per heavy atom. The minimum absolute atomic E-state index is 0.0564. The lowest BCUT2D eigenvalue weighted by molar-refractivity contribution is 0.0957. The molecule has 11 nitrogen and oxygen atoms in total. The predicted molar refractivity (Wildman–Crippen MR) is 210 cm³/mol. The molecule has 1 aliphatic heterocycles. The van der Waals surface area contributed by atoms with Crippen molar-refractivity contribution in [3.8, 4) is 28.3 Å². The molecule has 0 saturated heterocycles. The monoisotopic (exact) mass is 749 g/mol. The average Bonchev–Trinajstić information content (AvgIpc) is 3.86. The fourth-order valence-electron chi connectivity index (χ4n) is 8.24. The van der Waals surface area contributed by atoms with Crippen molar-refractivity contribution >= 4 is 56.6 Å². The molecule has 13 heteroatoms. The summed E-state index contributed by atoms with van der Waals surface area (Å²) in [5.74, 6) is 1.38. The van der Waals surface area contributed by atoms with Crippen LogP contribution >= 0.6 is 23.2 Å². The lowest BCUT2D eigenvalue weighted by Gasteiger charge is -2.34. The molecule has 53 heavy (non-hydrogen) atoms. The summed E-state index contributed by atoms with van der Waals surface area (Å²) in [6, 6.07) is 13.9. The van der Waals surface area contributed by atoms with Crippen molar-refractivity contribution in [1.82, 2.24) is 39.1 Å². The standard InChI is InChI=1S/C40H41Cl2N9O2/c1-21-17-26(18-22(2)35(21)42)53-16-10-13-27-28-14-15-31(41)34(33-24(4)44-48(7)25(33)5)37(28)51-23(3)19-50(40(52)38(27)51)32-20-47(6)36-29(32)11-9-12-30(36)39-43-45-46-49(39)8/h9,11-12,14-15,17-18,20,23H,10,13,16,19H2,1-8H3/t23-/m1/s1. The number of para-hydroxylation sites is 1. The van der Waals surface area contributed by atoms with Crippen LogP contribution in [0.25, 0.3) is 44.3 Å². The average molecular weight is 751 g/mol. The quantitative estimate of drug-likeness (QED) is 0.145. The van der Waals surface area contributed by atoms with E-state index in [9.17, 15) is 0 Å². The smallest absolute Gasteiger partial charge is 0.275 e.